The summed E-state index contributed by atoms with van der Waals surface area (Å²) >= 11 is 5.88. The summed E-state index contributed by atoms with van der Waals surface area (Å²) < 4.78 is 17.3. The van der Waals surface area contributed by atoms with Gasteiger partial charge in [-0.25, -0.2) is 19.2 Å². The van der Waals surface area contributed by atoms with Crippen LogP contribution < -0.4 is 0 Å². The van der Waals surface area contributed by atoms with E-state index in [0.717, 1.165) is 12.4 Å². The third-order valence-corrected chi connectivity index (χ3v) is 2.58. The number of ether oxygens (including phenoxy) is 1. The Morgan fingerprint density at radius 1 is 1.33 bits per heavy atom. The van der Waals surface area contributed by atoms with Gasteiger partial charge in [0.05, 0.1) is 30.1 Å². The van der Waals surface area contributed by atoms with E-state index in [0.29, 0.717) is 11.4 Å². The zero-order chi connectivity index (χ0) is 13.1. The van der Waals surface area contributed by atoms with Crippen molar-refractivity contribution in [2.75, 3.05) is 7.11 Å². The van der Waals surface area contributed by atoms with Crippen LogP contribution >= 0.6 is 11.6 Å². The Labute approximate surface area is 107 Å². The molecule has 0 N–H and O–H groups in total. The zero-order valence-corrected chi connectivity index (χ0v) is 10.1. The third kappa shape index (κ3) is 2.46. The van der Waals surface area contributed by atoms with Crippen LogP contribution in [0.1, 0.15) is 10.4 Å². The molecule has 0 fully saturated rings. The summed E-state index contributed by atoms with van der Waals surface area (Å²) in [5, 5.41) is 0.271. The molecule has 1 heterocycles. The topological polar surface area (TPSA) is 52.1 Å². The molecule has 0 bridgehead atoms. The van der Waals surface area contributed by atoms with Gasteiger partial charge in [0.25, 0.3) is 0 Å². The van der Waals surface area contributed by atoms with E-state index < -0.39 is 11.8 Å². The summed E-state index contributed by atoms with van der Waals surface area (Å²) in [5.74, 6) is -0.775. The maximum Gasteiger partial charge on any atom is 0.339 e. The highest BCUT2D eigenvalue weighted by atomic mass is 35.5. The summed E-state index contributed by atoms with van der Waals surface area (Å²) in [6.07, 6.45) is 2.10. The highest BCUT2D eigenvalue weighted by Crippen LogP contribution is 2.23. The Balaban J connectivity index is 2.46. The number of nitrogens with zero attached hydrogens (tertiary/aromatic N) is 2. The Morgan fingerprint density at radius 2 is 2.00 bits per heavy atom. The average Bonchev–Trinajstić information content (AvgIpc) is 2.39. The van der Waals surface area contributed by atoms with Crippen LogP contribution in [0.15, 0.2) is 30.6 Å². The first kappa shape index (κ1) is 12.4. The van der Waals surface area contributed by atoms with Gasteiger partial charge < -0.3 is 4.74 Å². The molecule has 2 aromatic rings. The minimum atomic E-state index is -0.552. The normalized spacial score (nSPS) is 10.2. The standard InChI is InChI=1S/C12H8ClFN2O2/c1-18-12(17)9-4-7(2-3-10(9)13)11-15-5-8(14)6-16-11/h2-6H,1H3. The Morgan fingerprint density at radius 3 is 2.61 bits per heavy atom. The lowest BCUT2D eigenvalue weighted by Gasteiger charge is -2.05. The molecule has 0 radical (unpaired) electrons. The van der Waals surface area contributed by atoms with Gasteiger partial charge in [-0.3, -0.25) is 0 Å². The average molecular weight is 267 g/mol. The van der Waals surface area contributed by atoms with E-state index >= 15 is 0 Å². The molecule has 0 aliphatic carbocycles. The van der Waals surface area contributed by atoms with Crippen LogP contribution in [0, 0.1) is 5.82 Å². The van der Waals surface area contributed by atoms with E-state index in [9.17, 15) is 9.18 Å². The second-order valence-electron chi connectivity index (χ2n) is 3.41. The molecule has 0 aliphatic rings. The van der Waals surface area contributed by atoms with Crippen molar-refractivity contribution in [3.63, 3.8) is 0 Å². The van der Waals surface area contributed by atoms with E-state index in [4.69, 9.17) is 11.6 Å². The fourth-order valence-electron chi connectivity index (χ4n) is 1.39. The molecular weight excluding hydrogens is 259 g/mol. The van der Waals surface area contributed by atoms with Crippen molar-refractivity contribution in [1.82, 2.24) is 9.97 Å². The number of rotatable bonds is 2. The van der Waals surface area contributed by atoms with Crippen molar-refractivity contribution in [1.29, 1.82) is 0 Å². The fraction of sp³-hybridized carbons (Fsp3) is 0.0833. The number of carbonyl (C=O) groups excluding carboxylic acids is 1. The van der Waals surface area contributed by atoms with Crippen molar-refractivity contribution >= 4 is 17.6 Å². The second kappa shape index (κ2) is 5.10. The molecule has 18 heavy (non-hydrogen) atoms. The number of esters is 1. The molecule has 0 atom stereocenters. The number of methoxy groups -OCH3 is 1. The fourth-order valence-corrected chi connectivity index (χ4v) is 1.59. The Bertz CT molecular complexity index is 587. The van der Waals surface area contributed by atoms with Crippen LogP contribution in [-0.4, -0.2) is 23.0 Å². The highest BCUT2D eigenvalue weighted by molar-refractivity contribution is 6.33. The van der Waals surface area contributed by atoms with Crippen LogP contribution in [0.3, 0.4) is 0 Å². The van der Waals surface area contributed by atoms with Gasteiger partial charge in [0.2, 0.25) is 0 Å². The SMILES string of the molecule is COC(=O)c1cc(-c2ncc(F)cn2)ccc1Cl. The van der Waals surface area contributed by atoms with Crippen LogP contribution in [0.5, 0.6) is 0 Å². The van der Waals surface area contributed by atoms with Crippen molar-refractivity contribution in [3.05, 3.63) is 47.0 Å². The van der Waals surface area contributed by atoms with Crippen molar-refractivity contribution in [2.24, 2.45) is 0 Å². The number of carbonyl (C=O) groups is 1. The lowest BCUT2D eigenvalue weighted by molar-refractivity contribution is 0.0601. The summed E-state index contributed by atoms with van der Waals surface area (Å²) in [4.78, 5) is 19.1. The first-order valence-electron chi connectivity index (χ1n) is 4.97. The zero-order valence-electron chi connectivity index (χ0n) is 9.35. The molecule has 92 valence electrons. The number of aromatic nitrogens is 2. The number of benzene rings is 1. The summed E-state index contributed by atoms with van der Waals surface area (Å²) in [7, 11) is 1.26. The molecule has 1 aromatic heterocycles. The van der Waals surface area contributed by atoms with Gasteiger partial charge in [0.15, 0.2) is 11.6 Å². The molecular formula is C12H8ClFN2O2. The Kier molecular flexibility index (Phi) is 3.53. The molecule has 2 rings (SSSR count). The van der Waals surface area contributed by atoms with Gasteiger partial charge in [0.1, 0.15) is 0 Å². The number of halogens is 2. The molecule has 0 aliphatic heterocycles. The van der Waals surface area contributed by atoms with E-state index in [-0.39, 0.29) is 10.6 Å². The van der Waals surface area contributed by atoms with Gasteiger partial charge in [-0.1, -0.05) is 11.6 Å². The van der Waals surface area contributed by atoms with Gasteiger partial charge in [-0.15, -0.1) is 0 Å². The second-order valence-corrected chi connectivity index (χ2v) is 3.82. The first-order valence-corrected chi connectivity index (χ1v) is 5.35. The van der Waals surface area contributed by atoms with Crippen LogP contribution in [0.2, 0.25) is 5.02 Å². The molecule has 1 aromatic carbocycles. The molecule has 6 heteroatoms. The van der Waals surface area contributed by atoms with E-state index in [1.165, 1.54) is 19.2 Å². The number of hydrogen-bond donors (Lipinski definition) is 0. The minimum absolute atomic E-state index is 0.213. The molecule has 0 amide bonds. The Hall–Kier alpha value is -2.01. The molecule has 0 saturated carbocycles. The van der Waals surface area contributed by atoms with Crippen LogP contribution in [0.4, 0.5) is 4.39 Å². The summed E-state index contributed by atoms with van der Waals surface area (Å²) in [6.45, 7) is 0. The minimum Gasteiger partial charge on any atom is -0.465 e. The van der Waals surface area contributed by atoms with Crippen LogP contribution in [-0.2, 0) is 4.74 Å². The number of hydrogen-bond acceptors (Lipinski definition) is 4. The maximum absolute atomic E-state index is 12.7. The monoisotopic (exact) mass is 266 g/mol. The highest BCUT2D eigenvalue weighted by Gasteiger charge is 2.13. The maximum atomic E-state index is 12.7. The van der Waals surface area contributed by atoms with Gasteiger partial charge in [-0.2, -0.15) is 0 Å². The van der Waals surface area contributed by atoms with Crippen molar-refractivity contribution < 1.29 is 13.9 Å². The van der Waals surface area contributed by atoms with E-state index in [2.05, 4.69) is 14.7 Å². The predicted molar refractivity (Wildman–Crippen MR) is 63.8 cm³/mol. The third-order valence-electron chi connectivity index (χ3n) is 2.25. The van der Waals surface area contributed by atoms with Crippen molar-refractivity contribution in [3.8, 4) is 11.4 Å². The lowest BCUT2D eigenvalue weighted by atomic mass is 10.1. The van der Waals surface area contributed by atoms with E-state index in [1.54, 1.807) is 6.07 Å². The first-order chi connectivity index (χ1) is 8.61. The predicted octanol–water partition coefficient (Wildman–Crippen LogP) is 2.72. The smallest absolute Gasteiger partial charge is 0.339 e. The molecule has 0 unspecified atom stereocenters. The summed E-state index contributed by atoms with van der Waals surface area (Å²) in [6, 6.07) is 4.68. The van der Waals surface area contributed by atoms with Gasteiger partial charge in [-0.05, 0) is 18.2 Å². The van der Waals surface area contributed by atoms with Crippen LogP contribution in [0.25, 0.3) is 11.4 Å². The largest absolute Gasteiger partial charge is 0.465 e. The quantitative estimate of drug-likeness (QED) is 0.784. The van der Waals surface area contributed by atoms with Gasteiger partial charge in [0, 0.05) is 5.56 Å². The van der Waals surface area contributed by atoms with E-state index in [1.807, 2.05) is 0 Å². The molecule has 4 nitrogen and oxygen atoms in total. The van der Waals surface area contributed by atoms with Crippen molar-refractivity contribution in [2.45, 2.75) is 0 Å². The summed E-state index contributed by atoms with van der Waals surface area (Å²) in [5.41, 5.74) is 0.768. The molecule has 0 spiro atoms. The molecule has 0 saturated heterocycles. The lowest BCUT2D eigenvalue weighted by Crippen LogP contribution is -2.02. The van der Waals surface area contributed by atoms with Gasteiger partial charge >= 0.3 is 5.97 Å².